The minimum absolute atomic E-state index is 0.0424. The van der Waals surface area contributed by atoms with Crippen LogP contribution in [0, 0.1) is 5.92 Å². The third-order valence-corrected chi connectivity index (χ3v) is 9.51. The van der Waals surface area contributed by atoms with Crippen molar-refractivity contribution in [1.82, 2.24) is 47.5 Å². The lowest BCUT2D eigenvalue weighted by molar-refractivity contribution is -0.140. The number of carbonyl (C=O) groups is 11. The molecule has 0 fully saturated rings. The first-order valence-corrected chi connectivity index (χ1v) is 20.9. The molecule has 0 aromatic heterocycles. The smallest absolute Gasteiger partial charge is 0.303 e. The Hall–Kier alpha value is -6.20. The lowest BCUT2D eigenvalue weighted by atomic mass is 10.0. The third kappa shape index (κ3) is 21.0. The maximum Gasteiger partial charge on any atom is 0.303 e. The highest BCUT2D eigenvalue weighted by molar-refractivity contribution is 5.97. The molecule has 13 N–H and O–H groups in total. The van der Waals surface area contributed by atoms with E-state index in [-0.39, 0.29) is 31.1 Å². The number of hydrazone groups is 1. The summed E-state index contributed by atoms with van der Waals surface area (Å²) >= 11 is 0. The van der Waals surface area contributed by atoms with Gasteiger partial charge in [-0.05, 0) is 92.0 Å². The molecule has 1 rings (SSSR count). The van der Waals surface area contributed by atoms with Crippen LogP contribution in [0.15, 0.2) is 5.10 Å². The van der Waals surface area contributed by atoms with Gasteiger partial charge in [-0.15, -0.1) is 0 Å². The summed E-state index contributed by atoms with van der Waals surface area (Å²) in [6, 6.07) is -9.62. The maximum atomic E-state index is 13.4. The molecule has 1 aliphatic rings. The Balaban J connectivity index is 2.99. The van der Waals surface area contributed by atoms with Gasteiger partial charge in [0.25, 0.3) is 5.91 Å². The second kappa shape index (κ2) is 27.7. The molecular formula is C39H66N12O12. The molecule has 1 aliphatic heterocycles. The molecule has 0 saturated carbocycles. The molecule has 63 heavy (non-hydrogen) atoms. The van der Waals surface area contributed by atoms with E-state index in [1.165, 1.54) is 40.8 Å². The maximum absolute atomic E-state index is 13.4. The van der Waals surface area contributed by atoms with E-state index in [2.05, 4.69) is 47.6 Å². The number of nitrogens with zero attached hydrogens (tertiary/aromatic N) is 2. The largest absolute Gasteiger partial charge is 0.481 e. The van der Waals surface area contributed by atoms with E-state index in [0.717, 1.165) is 5.01 Å². The highest BCUT2D eigenvalue weighted by Crippen LogP contribution is 2.09. The molecule has 10 amide bonds. The van der Waals surface area contributed by atoms with Crippen LogP contribution in [-0.2, 0) is 52.7 Å². The fraction of sp³-hybridized carbons (Fsp3) is 0.692. The van der Waals surface area contributed by atoms with Gasteiger partial charge in [-0.2, -0.15) is 5.10 Å². The standard InChI is InChI=1S/C39H66N12O12/c1-20(2)18-28-38(62)47-25(7)39(63)51(42-17-11-9-13-29(52)48-28)19-30(53)43-22(4)34(58)50-27(14-15-31(54)55)37(61)46-23(5)33(57)45-24(6)35(59)49-26(12-8-10-16-40)36(60)44-21(3)32(41)56/h17,20-28H,8-16,18-19,40H2,1-7H3,(H2,41,56)(H,43,53)(H,44,60)(H,45,57)(H,46,61)(H,47,62)(H,48,52)(H,49,59)(H,50,58)(H,54,55)/b42-17+/t21-,22-,23-,24-,25-,26-,27-,28-/m0/s1. The fourth-order valence-corrected chi connectivity index (χ4v) is 5.80. The van der Waals surface area contributed by atoms with Gasteiger partial charge in [0, 0.05) is 19.1 Å². The van der Waals surface area contributed by atoms with Crippen LogP contribution in [0.5, 0.6) is 0 Å². The summed E-state index contributed by atoms with van der Waals surface area (Å²) in [7, 11) is 0. The number of amides is 10. The van der Waals surface area contributed by atoms with E-state index in [4.69, 9.17) is 11.5 Å². The van der Waals surface area contributed by atoms with E-state index in [0.29, 0.717) is 32.2 Å². The number of nitrogens with two attached hydrogens (primary N) is 2. The number of hydrogen-bond donors (Lipinski definition) is 11. The van der Waals surface area contributed by atoms with Crippen molar-refractivity contribution in [1.29, 1.82) is 0 Å². The molecular weight excluding hydrogens is 829 g/mol. The summed E-state index contributed by atoms with van der Waals surface area (Å²) in [5, 5.41) is 33.9. The van der Waals surface area contributed by atoms with E-state index < -0.39 is 127 Å². The van der Waals surface area contributed by atoms with E-state index in [9.17, 15) is 57.8 Å². The first kappa shape index (κ1) is 54.8. The topological polar surface area (TPSA) is 372 Å². The highest BCUT2D eigenvalue weighted by Gasteiger charge is 2.32. The Morgan fingerprint density at radius 3 is 1.83 bits per heavy atom. The SMILES string of the molecule is CC(C)C[C@@H]1NC(=O)CCC/C=N/N(CC(=O)N[C@@H](C)C(=O)N[C@@H](CCC(=O)O)C(=O)N[C@@H](C)C(=O)N[C@@H](C)C(=O)N[C@@H](CCCCN)C(=O)N[C@@H](C)C(N)=O)C(=O)[C@H](C)NC1=O. The van der Waals surface area contributed by atoms with Crippen molar-refractivity contribution in [3.63, 3.8) is 0 Å². The lowest BCUT2D eigenvalue weighted by Crippen LogP contribution is -2.58. The van der Waals surface area contributed by atoms with Crippen LogP contribution < -0.4 is 54.0 Å². The predicted molar refractivity (Wildman–Crippen MR) is 226 cm³/mol. The molecule has 0 spiro atoms. The second-order valence-corrected chi connectivity index (χ2v) is 15.8. The molecule has 0 radical (unpaired) electrons. The number of nitrogens with one attached hydrogen (secondary N) is 8. The molecule has 8 atom stereocenters. The van der Waals surface area contributed by atoms with Crippen LogP contribution in [0.3, 0.4) is 0 Å². The van der Waals surface area contributed by atoms with Crippen molar-refractivity contribution in [3.05, 3.63) is 0 Å². The summed E-state index contributed by atoms with van der Waals surface area (Å²) in [6.07, 6.45) is 2.48. The van der Waals surface area contributed by atoms with Crippen LogP contribution >= 0.6 is 0 Å². The molecule has 1 heterocycles. The molecule has 0 bridgehead atoms. The predicted octanol–water partition coefficient (Wildman–Crippen LogP) is -3.51. The van der Waals surface area contributed by atoms with Gasteiger partial charge >= 0.3 is 5.97 Å². The lowest BCUT2D eigenvalue weighted by Gasteiger charge is -2.25. The molecule has 0 aromatic carbocycles. The Morgan fingerprint density at radius 1 is 0.762 bits per heavy atom. The Labute approximate surface area is 366 Å². The second-order valence-electron chi connectivity index (χ2n) is 15.8. The number of unbranched alkanes of at least 4 members (excludes halogenated alkanes) is 1. The van der Waals surface area contributed by atoms with Crippen LogP contribution in [0.25, 0.3) is 0 Å². The number of hydrogen-bond acceptors (Lipinski definition) is 13. The van der Waals surface area contributed by atoms with Gasteiger partial charge in [-0.3, -0.25) is 52.7 Å². The van der Waals surface area contributed by atoms with E-state index in [1.807, 2.05) is 13.8 Å². The quantitative estimate of drug-likeness (QED) is 0.0444. The summed E-state index contributed by atoms with van der Waals surface area (Å²) in [6.45, 7) is 9.99. The number of rotatable bonds is 23. The summed E-state index contributed by atoms with van der Waals surface area (Å²) in [5.41, 5.74) is 10.8. The molecule has 0 aliphatic carbocycles. The van der Waals surface area contributed by atoms with Crippen LogP contribution in [0.1, 0.15) is 106 Å². The van der Waals surface area contributed by atoms with E-state index in [1.54, 1.807) is 0 Å². The molecule has 0 unspecified atom stereocenters. The van der Waals surface area contributed by atoms with Crippen molar-refractivity contribution in [2.45, 2.75) is 155 Å². The average Bonchev–Trinajstić information content (AvgIpc) is 3.20. The summed E-state index contributed by atoms with van der Waals surface area (Å²) in [5.74, 6) is -8.83. The van der Waals surface area contributed by atoms with Crippen molar-refractivity contribution >= 4 is 71.3 Å². The van der Waals surface area contributed by atoms with Gasteiger partial charge in [0.05, 0.1) is 0 Å². The van der Waals surface area contributed by atoms with E-state index >= 15 is 0 Å². The van der Waals surface area contributed by atoms with Gasteiger partial charge in [-0.25, -0.2) is 5.01 Å². The zero-order valence-electron chi connectivity index (χ0n) is 37.0. The Bertz CT molecular complexity index is 1690. The normalized spacial score (nSPS) is 19.3. The van der Waals surface area contributed by atoms with Gasteiger partial charge in [0.15, 0.2) is 0 Å². The molecule has 0 saturated heterocycles. The fourth-order valence-electron chi connectivity index (χ4n) is 5.80. The monoisotopic (exact) mass is 894 g/mol. The third-order valence-electron chi connectivity index (χ3n) is 9.51. The average molecular weight is 895 g/mol. The highest BCUT2D eigenvalue weighted by atomic mass is 16.4. The van der Waals surface area contributed by atoms with Gasteiger partial charge < -0.3 is 59.1 Å². The number of carboxylic acids is 1. The van der Waals surface area contributed by atoms with Crippen LogP contribution in [-0.4, -0.2) is 143 Å². The minimum Gasteiger partial charge on any atom is -0.481 e. The van der Waals surface area contributed by atoms with Crippen molar-refractivity contribution in [2.75, 3.05) is 13.1 Å². The first-order valence-electron chi connectivity index (χ1n) is 20.9. The minimum atomic E-state index is -1.52. The number of carboxylic acid groups (broad SMARTS) is 1. The number of aliphatic carboxylic acids is 1. The summed E-state index contributed by atoms with van der Waals surface area (Å²) in [4.78, 5) is 140. The van der Waals surface area contributed by atoms with Crippen LogP contribution in [0.4, 0.5) is 0 Å². The number of primary amides is 1. The van der Waals surface area contributed by atoms with Gasteiger partial charge in [-0.1, -0.05) is 13.8 Å². The van der Waals surface area contributed by atoms with Crippen molar-refractivity contribution in [2.24, 2.45) is 22.5 Å². The van der Waals surface area contributed by atoms with Crippen molar-refractivity contribution < 1.29 is 57.8 Å². The molecule has 24 nitrogen and oxygen atoms in total. The Kier molecular flexibility index (Phi) is 24.1. The molecule has 24 heteroatoms. The number of carbonyl (C=O) groups excluding carboxylic acids is 10. The Morgan fingerprint density at radius 2 is 1.29 bits per heavy atom. The first-order chi connectivity index (χ1) is 29.5. The molecule has 354 valence electrons. The zero-order valence-corrected chi connectivity index (χ0v) is 37.0. The van der Waals surface area contributed by atoms with Crippen LogP contribution in [0.2, 0.25) is 0 Å². The van der Waals surface area contributed by atoms with Gasteiger partial charge in [0.2, 0.25) is 53.2 Å². The zero-order chi connectivity index (χ0) is 48.0. The summed E-state index contributed by atoms with van der Waals surface area (Å²) < 4.78 is 0. The van der Waals surface area contributed by atoms with Gasteiger partial charge in [0.1, 0.15) is 54.9 Å². The van der Waals surface area contributed by atoms with Crippen molar-refractivity contribution in [3.8, 4) is 0 Å². The molecule has 0 aromatic rings.